The number of nitrogens with one attached hydrogen (secondary N) is 1. The van der Waals surface area contributed by atoms with Gasteiger partial charge in [0.25, 0.3) is 0 Å². The van der Waals surface area contributed by atoms with E-state index in [2.05, 4.69) is 15.4 Å². The highest BCUT2D eigenvalue weighted by atomic mass is 32.2. The Kier molecular flexibility index (Phi) is 3.98. The largest absolute Gasteiger partial charge is 0.390 e. The third-order valence-corrected chi connectivity index (χ3v) is 5.31. The average molecular weight is 350 g/mol. The average Bonchev–Trinajstić information content (AvgIpc) is 2.93. The number of aryl methyl sites for hydroxylation is 1. The minimum atomic E-state index is -4.06. The maximum absolute atomic E-state index is 13.5. The van der Waals surface area contributed by atoms with Crippen LogP contribution in [0.1, 0.15) is 11.4 Å². The first-order valence-electron chi connectivity index (χ1n) is 7.07. The topological polar surface area (TPSA) is 96.6 Å². The van der Waals surface area contributed by atoms with Gasteiger partial charge in [-0.1, -0.05) is 6.07 Å². The molecule has 1 aromatic carbocycles. The van der Waals surface area contributed by atoms with Crippen molar-refractivity contribution in [3.63, 3.8) is 0 Å². The van der Waals surface area contributed by atoms with E-state index in [1.165, 1.54) is 29.8 Å². The molecule has 0 atom stereocenters. The van der Waals surface area contributed by atoms with Gasteiger partial charge < -0.3 is 10.4 Å². The van der Waals surface area contributed by atoms with E-state index >= 15 is 0 Å². The van der Waals surface area contributed by atoms with Gasteiger partial charge in [0.15, 0.2) is 16.4 Å². The smallest absolute Gasteiger partial charge is 0.214 e. The number of sulfone groups is 1. The zero-order chi connectivity index (χ0) is 17.5. The zero-order valence-electron chi connectivity index (χ0n) is 13.0. The van der Waals surface area contributed by atoms with E-state index < -0.39 is 15.7 Å². The number of anilines is 1. The molecule has 0 unspecified atom stereocenters. The van der Waals surface area contributed by atoms with Crippen LogP contribution in [0, 0.1) is 12.7 Å². The van der Waals surface area contributed by atoms with Crippen molar-refractivity contribution < 1.29 is 17.9 Å². The van der Waals surface area contributed by atoms with Crippen LogP contribution in [0.15, 0.2) is 40.1 Å². The Morgan fingerprint density at radius 2 is 2.08 bits per heavy atom. The summed E-state index contributed by atoms with van der Waals surface area (Å²) in [6.45, 7) is 1.36. The van der Waals surface area contributed by atoms with E-state index in [9.17, 15) is 17.9 Å². The predicted octanol–water partition coefficient (Wildman–Crippen LogP) is 1.54. The number of nitrogens with zero attached hydrogens (tertiary/aromatic N) is 3. The molecule has 0 aliphatic carbocycles. The molecule has 0 radical (unpaired) electrons. The van der Waals surface area contributed by atoms with Gasteiger partial charge in [-0.3, -0.25) is 0 Å². The van der Waals surface area contributed by atoms with Gasteiger partial charge in [0, 0.05) is 12.7 Å². The number of aliphatic hydroxyl groups excluding tert-OH is 1. The first kappa shape index (κ1) is 16.3. The maximum atomic E-state index is 13.5. The van der Waals surface area contributed by atoms with Gasteiger partial charge in [-0.15, -0.1) is 5.10 Å². The zero-order valence-corrected chi connectivity index (χ0v) is 13.8. The van der Waals surface area contributed by atoms with Crippen LogP contribution < -0.4 is 5.32 Å². The van der Waals surface area contributed by atoms with Crippen LogP contribution in [0.3, 0.4) is 0 Å². The van der Waals surface area contributed by atoms with E-state index in [4.69, 9.17) is 0 Å². The lowest BCUT2D eigenvalue weighted by atomic mass is 10.3. The molecule has 0 amide bonds. The molecule has 0 saturated carbocycles. The summed E-state index contributed by atoms with van der Waals surface area (Å²) in [7, 11) is -2.53. The standard InChI is InChI=1S/C15H15FN4O3S/c1-9-6-11(8-21)20-15(18-9)13(14(17-2)19-20)24(22,23)12-5-3-4-10(16)7-12/h3-7,21H,8H2,1-2H3,(H,17,19). The summed E-state index contributed by atoms with van der Waals surface area (Å²) in [5, 5.41) is 16.4. The number of halogens is 1. The van der Waals surface area contributed by atoms with Crippen LogP contribution >= 0.6 is 0 Å². The van der Waals surface area contributed by atoms with Gasteiger partial charge >= 0.3 is 0 Å². The van der Waals surface area contributed by atoms with Crippen molar-refractivity contribution in [2.24, 2.45) is 0 Å². The van der Waals surface area contributed by atoms with Crippen LogP contribution in [-0.2, 0) is 16.4 Å². The molecule has 2 N–H and O–H groups in total. The van der Waals surface area contributed by atoms with Gasteiger partial charge in [-0.2, -0.15) is 0 Å². The van der Waals surface area contributed by atoms with Gasteiger partial charge in [0.1, 0.15) is 5.82 Å². The Morgan fingerprint density at radius 3 is 2.71 bits per heavy atom. The molecular weight excluding hydrogens is 335 g/mol. The number of rotatable bonds is 4. The maximum Gasteiger partial charge on any atom is 0.214 e. The lowest BCUT2D eigenvalue weighted by molar-refractivity contribution is 0.273. The van der Waals surface area contributed by atoms with E-state index in [0.717, 1.165) is 6.07 Å². The van der Waals surface area contributed by atoms with Crippen LogP contribution in [0.25, 0.3) is 5.65 Å². The quantitative estimate of drug-likeness (QED) is 0.741. The first-order valence-corrected chi connectivity index (χ1v) is 8.55. The van der Waals surface area contributed by atoms with Crippen LogP contribution in [0.2, 0.25) is 0 Å². The van der Waals surface area contributed by atoms with E-state index in [0.29, 0.717) is 11.4 Å². The molecule has 7 nitrogen and oxygen atoms in total. The Hall–Kier alpha value is -2.52. The van der Waals surface area contributed by atoms with E-state index in [-0.39, 0.29) is 27.9 Å². The fourth-order valence-corrected chi connectivity index (χ4v) is 4.00. The minimum absolute atomic E-state index is 0.0760. The normalized spacial score (nSPS) is 11.8. The van der Waals surface area contributed by atoms with Gasteiger partial charge in [0.2, 0.25) is 9.84 Å². The third kappa shape index (κ3) is 2.51. The molecular formula is C15H15FN4O3S. The molecule has 24 heavy (non-hydrogen) atoms. The Bertz CT molecular complexity index is 1030. The summed E-state index contributed by atoms with van der Waals surface area (Å²) < 4.78 is 40.7. The number of hydrogen-bond donors (Lipinski definition) is 2. The van der Waals surface area contributed by atoms with Crippen molar-refractivity contribution >= 4 is 21.3 Å². The highest BCUT2D eigenvalue weighted by Gasteiger charge is 2.29. The molecule has 3 aromatic rings. The molecule has 0 bridgehead atoms. The Balaban J connectivity index is 2.38. The monoisotopic (exact) mass is 350 g/mol. The second kappa shape index (κ2) is 5.84. The lowest BCUT2D eigenvalue weighted by Crippen LogP contribution is -2.07. The van der Waals surface area contributed by atoms with E-state index in [1.54, 1.807) is 13.0 Å². The van der Waals surface area contributed by atoms with E-state index in [1.807, 2.05) is 0 Å². The van der Waals surface area contributed by atoms with Crippen molar-refractivity contribution in [3.05, 3.63) is 47.5 Å². The molecule has 0 aliphatic rings. The molecule has 0 saturated heterocycles. The summed E-state index contributed by atoms with van der Waals surface area (Å²) in [6.07, 6.45) is 0. The fourth-order valence-electron chi connectivity index (χ4n) is 2.47. The van der Waals surface area contributed by atoms with Crippen molar-refractivity contribution in [2.75, 3.05) is 12.4 Å². The summed E-state index contributed by atoms with van der Waals surface area (Å²) >= 11 is 0. The van der Waals surface area contributed by atoms with Crippen LogP contribution in [-0.4, -0.2) is 35.2 Å². The molecule has 0 fully saturated rings. The molecule has 0 spiro atoms. The molecule has 0 aliphatic heterocycles. The Labute approximate surface area is 137 Å². The molecule has 3 rings (SSSR count). The summed E-state index contributed by atoms with van der Waals surface area (Å²) in [5.41, 5.74) is 1.01. The van der Waals surface area contributed by atoms with Crippen LogP contribution in [0.5, 0.6) is 0 Å². The molecule has 2 aromatic heterocycles. The summed E-state index contributed by atoms with van der Waals surface area (Å²) in [6, 6.07) is 6.36. The van der Waals surface area contributed by atoms with Gasteiger partial charge in [-0.25, -0.2) is 22.3 Å². The SMILES string of the molecule is CNc1nn2c(CO)cc(C)nc2c1S(=O)(=O)c1cccc(F)c1. The predicted molar refractivity (Wildman–Crippen MR) is 85.0 cm³/mol. The highest BCUT2D eigenvalue weighted by molar-refractivity contribution is 7.91. The van der Waals surface area contributed by atoms with Gasteiger partial charge in [-0.05, 0) is 31.2 Å². The first-order chi connectivity index (χ1) is 11.4. The number of aromatic nitrogens is 3. The number of aliphatic hydroxyl groups is 1. The van der Waals surface area contributed by atoms with Crippen molar-refractivity contribution in [1.82, 2.24) is 14.6 Å². The van der Waals surface area contributed by atoms with Gasteiger partial charge in [0.05, 0.1) is 17.2 Å². The van der Waals surface area contributed by atoms with Crippen molar-refractivity contribution in [2.45, 2.75) is 23.3 Å². The summed E-state index contributed by atoms with van der Waals surface area (Å²) in [4.78, 5) is 3.89. The van der Waals surface area contributed by atoms with Crippen molar-refractivity contribution in [1.29, 1.82) is 0 Å². The fraction of sp³-hybridized carbons (Fsp3) is 0.200. The number of hydrogen-bond acceptors (Lipinski definition) is 6. The minimum Gasteiger partial charge on any atom is -0.390 e. The highest BCUT2D eigenvalue weighted by Crippen LogP contribution is 2.31. The molecule has 9 heteroatoms. The summed E-state index contributed by atoms with van der Waals surface area (Å²) in [5.74, 6) is -0.578. The second-order valence-electron chi connectivity index (χ2n) is 5.17. The van der Waals surface area contributed by atoms with Crippen molar-refractivity contribution in [3.8, 4) is 0 Å². The number of benzene rings is 1. The third-order valence-electron chi connectivity index (χ3n) is 3.52. The lowest BCUT2D eigenvalue weighted by Gasteiger charge is -2.06. The second-order valence-corrected chi connectivity index (χ2v) is 7.06. The van der Waals surface area contributed by atoms with Crippen LogP contribution in [0.4, 0.5) is 10.2 Å². The Morgan fingerprint density at radius 1 is 1.33 bits per heavy atom. The molecule has 2 heterocycles. The molecule has 126 valence electrons. The number of fused-ring (bicyclic) bond motifs is 1.